The zero-order valence-corrected chi connectivity index (χ0v) is 36.0. The third kappa shape index (κ3) is 8.01. The second kappa shape index (κ2) is 17.4. The zero-order chi connectivity index (χ0) is 42.7. The first-order valence-corrected chi connectivity index (χ1v) is 22.5. The van der Waals surface area contributed by atoms with Gasteiger partial charge in [0.05, 0.1) is 45.5 Å². The minimum atomic E-state index is 0.499. The molecule has 5 aromatic carbocycles. The lowest BCUT2D eigenvalue weighted by molar-refractivity contribution is 1.06. The second-order valence-electron chi connectivity index (χ2n) is 14.2. The Balaban J connectivity index is 0.000000115. The van der Waals surface area contributed by atoms with Crippen molar-refractivity contribution in [1.29, 1.82) is 10.5 Å². The number of nitriles is 2. The molecule has 0 bridgehead atoms. The number of anilines is 4. The van der Waals surface area contributed by atoms with Crippen LogP contribution in [0.5, 0.6) is 0 Å². The van der Waals surface area contributed by atoms with Gasteiger partial charge in [0.15, 0.2) is 0 Å². The number of para-hydroxylation sites is 2. The van der Waals surface area contributed by atoms with Gasteiger partial charge in [-0.1, -0.05) is 72.3 Å². The van der Waals surface area contributed by atoms with E-state index in [1.807, 2.05) is 96.4 Å². The number of rotatable bonds is 5. The van der Waals surface area contributed by atoms with Gasteiger partial charge in [0.25, 0.3) is 0 Å². The van der Waals surface area contributed by atoms with Crippen LogP contribution in [0.15, 0.2) is 165 Å². The van der Waals surface area contributed by atoms with Crippen LogP contribution >= 0.6 is 45.6 Å². The number of halogens is 1. The van der Waals surface area contributed by atoms with Crippen molar-refractivity contribution >= 4 is 137 Å². The third-order valence-corrected chi connectivity index (χ3v) is 13.4. The van der Waals surface area contributed by atoms with E-state index in [2.05, 4.69) is 84.3 Å². The van der Waals surface area contributed by atoms with E-state index in [-0.39, 0.29) is 0 Å². The molecule has 12 rings (SSSR count). The minimum Gasteiger partial charge on any atom is -0.340 e. The quantitative estimate of drug-likeness (QED) is 0.163. The highest BCUT2D eigenvalue weighted by Gasteiger charge is 2.15. The van der Waals surface area contributed by atoms with Crippen molar-refractivity contribution in [3.63, 3.8) is 0 Å². The molecule has 300 valence electrons. The summed E-state index contributed by atoms with van der Waals surface area (Å²) in [7, 11) is 0. The Hall–Kier alpha value is -7.65. The standard InChI is InChI=1S/C19H13N5S.C18H11N3S.C12H5ClN2S/c1-2-4-13(5-3-1)21-19-15-8-9-25-18(15)14-7-6-12(10-16(14)22-19)17-11-20-24-23-17;19-11-12-6-7-14-16(10-12)21-18(15-8-9-22-17(14)15)20-13-4-2-1-3-5-13;13-12-9-3-4-16-11(9)8-2-1-7(6-14)5-10(8)15-12/h1-10H,11H2,(H,21,22);1-10H,(H,20,21);1-5H. The van der Waals surface area contributed by atoms with Crippen LogP contribution in [0.1, 0.15) is 16.7 Å². The summed E-state index contributed by atoms with van der Waals surface area (Å²) in [6.07, 6.45) is 0. The molecule has 0 radical (unpaired) electrons. The smallest absolute Gasteiger partial charge is 0.139 e. The maximum Gasteiger partial charge on any atom is 0.139 e. The van der Waals surface area contributed by atoms with Crippen LogP contribution in [-0.4, -0.2) is 27.2 Å². The molecule has 0 atom stereocenters. The molecule has 0 saturated heterocycles. The van der Waals surface area contributed by atoms with Crippen molar-refractivity contribution in [3.05, 3.63) is 171 Å². The molecule has 1 aliphatic rings. The number of aromatic nitrogens is 3. The lowest BCUT2D eigenvalue weighted by atomic mass is 10.1. The molecule has 7 heterocycles. The molecular weight excluding hydrogens is 860 g/mol. The summed E-state index contributed by atoms with van der Waals surface area (Å²) in [6.45, 7) is 0.530. The van der Waals surface area contributed by atoms with Crippen LogP contribution in [0.2, 0.25) is 5.15 Å². The number of benzene rings is 5. The van der Waals surface area contributed by atoms with Crippen LogP contribution in [0.25, 0.3) is 63.0 Å². The van der Waals surface area contributed by atoms with E-state index in [1.54, 1.807) is 46.1 Å². The van der Waals surface area contributed by atoms with E-state index in [9.17, 15) is 0 Å². The molecule has 0 spiro atoms. The van der Waals surface area contributed by atoms with E-state index in [0.717, 1.165) is 87.9 Å². The fourth-order valence-electron chi connectivity index (χ4n) is 7.26. The van der Waals surface area contributed by atoms with Gasteiger partial charge in [0.2, 0.25) is 0 Å². The maximum atomic E-state index is 9.08. The maximum absolute atomic E-state index is 9.08. The molecule has 0 saturated carbocycles. The van der Waals surface area contributed by atoms with Crippen LogP contribution in [-0.2, 0) is 0 Å². The van der Waals surface area contributed by atoms with Crippen molar-refractivity contribution in [3.8, 4) is 12.1 Å². The van der Waals surface area contributed by atoms with E-state index >= 15 is 0 Å². The first kappa shape index (κ1) is 39.5. The van der Waals surface area contributed by atoms with Crippen molar-refractivity contribution < 1.29 is 0 Å². The Kier molecular flexibility index (Phi) is 10.9. The molecule has 6 aromatic heterocycles. The van der Waals surface area contributed by atoms with Crippen LogP contribution in [0, 0.1) is 22.7 Å². The average Bonchev–Trinajstić information content (AvgIpc) is 4.18. The summed E-state index contributed by atoms with van der Waals surface area (Å²) in [4.78, 5) is 13.9. The monoisotopic (exact) mass is 888 g/mol. The highest BCUT2D eigenvalue weighted by atomic mass is 35.5. The molecule has 11 aromatic rings. The Morgan fingerprint density at radius 3 is 1.49 bits per heavy atom. The normalized spacial score (nSPS) is 11.8. The second-order valence-corrected chi connectivity index (χ2v) is 17.3. The summed E-state index contributed by atoms with van der Waals surface area (Å²) in [5, 5.41) is 49.6. The topological polar surface area (TPSA) is 147 Å². The largest absolute Gasteiger partial charge is 0.340 e. The van der Waals surface area contributed by atoms with Crippen LogP contribution < -0.4 is 10.6 Å². The summed E-state index contributed by atoms with van der Waals surface area (Å²) in [5.74, 6) is 1.69. The molecule has 63 heavy (non-hydrogen) atoms. The van der Waals surface area contributed by atoms with Crippen molar-refractivity contribution in [2.24, 2.45) is 15.4 Å². The van der Waals surface area contributed by atoms with Gasteiger partial charge in [0.1, 0.15) is 23.3 Å². The third-order valence-electron chi connectivity index (χ3n) is 10.3. The summed E-state index contributed by atoms with van der Waals surface area (Å²) < 4.78 is 3.55. The van der Waals surface area contributed by atoms with Gasteiger partial charge >= 0.3 is 0 Å². The van der Waals surface area contributed by atoms with Crippen molar-refractivity contribution in [2.45, 2.75) is 0 Å². The molecule has 0 fully saturated rings. The van der Waals surface area contributed by atoms with Gasteiger partial charge in [-0.3, -0.25) is 0 Å². The van der Waals surface area contributed by atoms with Gasteiger partial charge in [0, 0.05) is 63.4 Å². The van der Waals surface area contributed by atoms with Crippen LogP contribution in [0.3, 0.4) is 0 Å². The van der Waals surface area contributed by atoms with Gasteiger partial charge < -0.3 is 10.6 Å². The average molecular weight is 889 g/mol. The number of hydrogen-bond acceptors (Lipinski definition) is 13. The Bertz CT molecular complexity index is 3660. The lowest BCUT2D eigenvalue weighted by Crippen LogP contribution is -2.02. The fraction of sp³-hybridized carbons (Fsp3) is 0.0204. The number of hydrogen-bond donors (Lipinski definition) is 2. The number of nitrogens with one attached hydrogen (secondary N) is 2. The van der Waals surface area contributed by atoms with Gasteiger partial charge in [-0.25, -0.2) is 15.0 Å². The highest BCUT2D eigenvalue weighted by Crippen LogP contribution is 2.37. The predicted octanol–water partition coefficient (Wildman–Crippen LogP) is 14.4. The Morgan fingerprint density at radius 2 is 0.984 bits per heavy atom. The predicted molar refractivity (Wildman–Crippen MR) is 262 cm³/mol. The Labute approximate surface area is 376 Å². The lowest BCUT2D eigenvalue weighted by Gasteiger charge is -2.10. The SMILES string of the molecule is N#Cc1ccc2c(c1)nc(Cl)c1ccsc12.N#Cc1ccc2c(c1)nc(Nc1ccccc1)c1ccsc12.c1ccc(Nc2nc3cc(C4=NN=NC4)ccc3c3sccc23)cc1. The highest BCUT2D eigenvalue weighted by molar-refractivity contribution is 7.19. The molecule has 0 aliphatic carbocycles. The van der Waals surface area contributed by atoms with E-state index < -0.39 is 0 Å². The van der Waals surface area contributed by atoms with Gasteiger partial charge in [-0.2, -0.15) is 15.6 Å². The van der Waals surface area contributed by atoms with E-state index in [1.165, 1.54) is 9.40 Å². The van der Waals surface area contributed by atoms with Gasteiger partial charge in [-0.05, 0) is 94.2 Å². The van der Waals surface area contributed by atoms with E-state index in [4.69, 9.17) is 32.1 Å². The molecule has 0 amide bonds. The first-order valence-electron chi connectivity index (χ1n) is 19.5. The van der Waals surface area contributed by atoms with Crippen molar-refractivity contribution in [2.75, 3.05) is 17.2 Å². The zero-order valence-electron chi connectivity index (χ0n) is 32.8. The van der Waals surface area contributed by atoms with Crippen LogP contribution in [0.4, 0.5) is 23.0 Å². The Morgan fingerprint density at radius 1 is 0.508 bits per heavy atom. The molecule has 14 heteroatoms. The molecular formula is C49H29ClN10S3. The number of pyridine rings is 3. The molecule has 10 nitrogen and oxygen atoms in total. The minimum absolute atomic E-state index is 0.499. The summed E-state index contributed by atoms with van der Waals surface area (Å²) in [6, 6.07) is 47.9. The summed E-state index contributed by atoms with van der Waals surface area (Å²) >= 11 is 11.1. The fourth-order valence-corrected chi connectivity index (χ4v) is 10.4. The van der Waals surface area contributed by atoms with E-state index in [0.29, 0.717) is 22.8 Å². The van der Waals surface area contributed by atoms with Crippen molar-refractivity contribution in [1.82, 2.24) is 15.0 Å². The molecule has 2 N–H and O–H groups in total. The number of fused-ring (bicyclic) bond motifs is 9. The molecule has 0 unspecified atom stereocenters. The number of thiophene rings is 3. The molecule has 1 aliphatic heterocycles. The van der Waals surface area contributed by atoms with Gasteiger partial charge in [-0.15, -0.1) is 39.1 Å². The summed E-state index contributed by atoms with van der Waals surface area (Å²) in [5.41, 5.74) is 7.72. The first-order chi connectivity index (χ1) is 31.0. The number of nitrogens with zero attached hydrogens (tertiary/aromatic N) is 8.